The molecule has 3 nitrogen and oxygen atoms in total. The number of nitrogens with one attached hydrogen (secondary N) is 1. The van der Waals surface area contributed by atoms with Crippen LogP contribution in [0.5, 0.6) is 0 Å². The summed E-state index contributed by atoms with van der Waals surface area (Å²) >= 11 is 11.8. The van der Waals surface area contributed by atoms with Crippen LogP contribution in [-0.2, 0) is 9.53 Å². The van der Waals surface area contributed by atoms with Gasteiger partial charge in [-0.3, -0.25) is 4.79 Å². The molecule has 0 aromatic carbocycles. The largest absolute Gasteiger partial charge is 0.383 e. The standard InChI is InChI=1S/C9H15Cl2NO2/c1-6(4-14-3)12-7(13)8(2)5-9(8,10)11/h6H,4-5H2,1-3H3,(H,12,13). The summed E-state index contributed by atoms with van der Waals surface area (Å²) in [5.41, 5.74) is -0.641. The molecule has 1 aliphatic carbocycles. The predicted octanol–water partition coefficient (Wildman–Crippen LogP) is 1.72. The summed E-state index contributed by atoms with van der Waals surface area (Å²) in [6.45, 7) is 4.12. The number of hydrogen-bond donors (Lipinski definition) is 1. The van der Waals surface area contributed by atoms with Gasteiger partial charge in [0.25, 0.3) is 0 Å². The van der Waals surface area contributed by atoms with Crippen LogP contribution < -0.4 is 5.32 Å². The van der Waals surface area contributed by atoms with E-state index >= 15 is 0 Å². The van der Waals surface area contributed by atoms with Gasteiger partial charge in [-0.1, -0.05) is 0 Å². The maximum atomic E-state index is 11.7. The van der Waals surface area contributed by atoms with Crippen molar-refractivity contribution in [3.63, 3.8) is 0 Å². The van der Waals surface area contributed by atoms with Crippen molar-refractivity contribution in [1.82, 2.24) is 5.32 Å². The molecule has 1 N–H and O–H groups in total. The van der Waals surface area contributed by atoms with Crippen LogP contribution in [0.25, 0.3) is 0 Å². The molecule has 1 rings (SSSR count). The van der Waals surface area contributed by atoms with Crippen LogP contribution in [0.2, 0.25) is 0 Å². The van der Waals surface area contributed by atoms with Gasteiger partial charge < -0.3 is 10.1 Å². The summed E-state index contributed by atoms with van der Waals surface area (Å²) in [6.07, 6.45) is 0.509. The van der Waals surface area contributed by atoms with Crippen molar-refractivity contribution in [3.8, 4) is 0 Å². The minimum absolute atomic E-state index is 0.0194. The predicted molar refractivity (Wildman–Crippen MR) is 56.6 cm³/mol. The number of hydrogen-bond acceptors (Lipinski definition) is 2. The number of ether oxygens (including phenoxy) is 1. The zero-order chi connectivity index (χ0) is 11.0. The average Bonchev–Trinajstić information content (AvgIpc) is 2.53. The Morgan fingerprint density at radius 3 is 2.50 bits per heavy atom. The quantitative estimate of drug-likeness (QED) is 0.760. The molecular formula is C9H15Cl2NO2. The third-order valence-electron chi connectivity index (χ3n) is 2.55. The second-order valence-corrected chi connectivity index (χ2v) is 5.53. The molecule has 2 unspecified atom stereocenters. The van der Waals surface area contributed by atoms with Gasteiger partial charge in [0.15, 0.2) is 0 Å². The fraction of sp³-hybridized carbons (Fsp3) is 0.889. The highest BCUT2D eigenvalue weighted by Gasteiger charge is 2.67. The van der Waals surface area contributed by atoms with Crippen molar-refractivity contribution in [3.05, 3.63) is 0 Å². The van der Waals surface area contributed by atoms with E-state index in [0.717, 1.165) is 0 Å². The number of halogens is 2. The monoisotopic (exact) mass is 239 g/mol. The van der Waals surface area contributed by atoms with E-state index < -0.39 is 9.75 Å². The lowest BCUT2D eigenvalue weighted by molar-refractivity contribution is -0.126. The minimum atomic E-state index is -0.899. The second kappa shape index (κ2) is 3.87. The molecule has 0 spiro atoms. The Morgan fingerprint density at radius 1 is 1.64 bits per heavy atom. The molecule has 5 heteroatoms. The van der Waals surface area contributed by atoms with Crippen LogP contribution in [0.3, 0.4) is 0 Å². The van der Waals surface area contributed by atoms with Crippen LogP contribution in [0.1, 0.15) is 20.3 Å². The van der Waals surface area contributed by atoms with E-state index in [0.29, 0.717) is 13.0 Å². The molecule has 1 aliphatic rings. The van der Waals surface area contributed by atoms with E-state index in [4.69, 9.17) is 27.9 Å². The van der Waals surface area contributed by atoms with Crippen LogP contribution in [-0.4, -0.2) is 30.0 Å². The molecule has 0 heterocycles. The maximum Gasteiger partial charge on any atom is 0.229 e. The summed E-state index contributed by atoms with van der Waals surface area (Å²) in [6, 6.07) is -0.0194. The van der Waals surface area contributed by atoms with Crippen molar-refractivity contribution >= 4 is 29.1 Å². The van der Waals surface area contributed by atoms with Gasteiger partial charge in [-0.15, -0.1) is 23.2 Å². The van der Waals surface area contributed by atoms with E-state index in [1.807, 2.05) is 6.92 Å². The highest BCUT2D eigenvalue weighted by Crippen LogP contribution is 2.63. The first-order valence-electron chi connectivity index (χ1n) is 4.51. The molecule has 0 aliphatic heterocycles. The normalized spacial score (nSPS) is 30.9. The molecule has 82 valence electrons. The third kappa shape index (κ3) is 2.15. The topological polar surface area (TPSA) is 38.3 Å². The van der Waals surface area contributed by atoms with E-state index in [-0.39, 0.29) is 11.9 Å². The first-order valence-corrected chi connectivity index (χ1v) is 5.27. The third-order valence-corrected chi connectivity index (χ3v) is 3.65. The number of methoxy groups -OCH3 is 1. The van der Waals surface area contributed by atoms with Crippen molar-refractivity contribution in [2.75, 3.05) is 13.7 Å². The zero-order valence-corrected chi connectivity index (χ0v) is 10.1. The van der Waals surface area contributed by atoms with Gasteiger partial charge in [-0.05, 0) is 20.3 Å². The lowest BCUT2D eigenvalue weighted by atomic mass is 10.1. The SMILES string of the molecule is COCC(C)NC(=O)C1(C)CC1(Cl)Cl. The van der Waals surface area contributed by atoms with Crippen molar-refractivity contribution < 1.29 is 9.53 Å². The lowest BCUT2D eigenvalue weighted by Crippen LogP contribution is -2.41. The van der Waals surface area contributed by atoms with Crippen molar-refractivity contribution in [2.45, 2.75) is 30.6 Å². The van der Waals surface area contributed by atoms with E-state index in [2.05, 4.69) is 5.32 Å². The molecule has 1 saturated carbocycles. The Kier molecular flexibility index (Phi) is 3.34. The van der Waals surface area contributed by atoms with Gasteiger partial charge >= 0.3 is 0 Å². The fourth-order valence-corrected chi connectivity index (χ4v) is 2.03. The first kappa shape index (κ1) is 12.1. The Bertz CT molecular complexity index is 245. The smallest absolute Gasteiger partial charge is 0.229 e. The minimum Gasteiger partial charge on any atom is -0.383 e. The summed E-state index contributed by atoms with van der Waals surface area (Å²) < 4.78 is 4.01. The summed E-state index contributed by atoms with van der Waals surface area (Å²) in [4.78, 5) is 11.7. The molecule has 0 aromatic heterocycles. The van der Waals surface area contributed by atoms with Crippen LogP contribution in [0.15, 0.2) is 0 Å². The number of carbonyl (C=O) groups excluding carboxylic acids is 1. The molecule has 0 saturated heterocycles. The summed E-state index contributed by atoms with van der Waals surface area (Å²) in [5, 5.41) is 2.81. The Hall–Kier alpha value is 0.01000. The Labute approximate surface area is 94.1 Å². The van der Waals surface area contributed by atoms with E-state index in [1.165, 1.54) is 0 Å². The number of alkyl halides is 2. The molecule has 1 fully saturated rings. The van der Waals surface area contributed by atoms with Gasteiger partial charge in [-0.25, -0.2) is 0 Å². The zero-order valence-electron chi connectivity index (χ0n) is 8.56. The number of carbonyl (C=O) groups is 1. The van der Waals surface area contributed by atoms with Gasteiger partial charge in [0.1, 0.15) is 4.33 Å². The van der Waals surface area contributed by atoms with Gasteiger partial charge in [0, 0.05) is 13.2 Å². The molecule has 0 bridgehead atoms. The summed E-state index contributed by atoms with van der Waals surface area (Å²) in [5.74, 6) is -0.105. The summed E-state index contributed by atoms with van der Waals surface area (Å²) in [7, 11) is 1.59. The molecule has 14 heavy (non-hydrogen) atoms. The Balaban J connectivity index is 2.44. The fourth-order valence-electron chi connectivity index (χ4n) is 1.32. The van der Waals surface area contributed by atoms with Crippen molar-refractivity contribution in [1.29, 1.82) is 0 Å². The molecule has 0 aromatic rings. The Morgan fingerprint density at radius 2 is 2.14 bits per heavy atom. The number of rotatable bonds is 4. The highest BCUT2D eigenvalue weighted by molar-refractivity contribution is 6.53. The molecule has 0 radical (unpaired) electrons. The van der Waals surface area contributed by atoms with Gasteiger partial charge in [-0.2, -0.15) is 0 Å². The maximum absolute atomic E-state index is 11.7. The molecule has 2 atom stereocenters. The van der Waals surface area contributed by atoms with Crippen molar-refractivity contribution in [2.24, 2.45) is 5.41 Å². The van der Waals surface area contributed by atoms with Gasteiger partial charge in [0.05, 0.1) is 12.0 Å². The van der Waals surface area contributed by atoms with Crippen LogP contribution in [0.4, 0.5) is 0 Å². The van der Waals surface area contributed by atoms with E-state index in [9.17, 15) is 4.79 Å². The average molecular weight is 240 g/mol. The lowest BCUT2D eigenvalue weighted by Gasteiger charge is -2.17. The van der Waals surface area contributed by atoms with E-state index in [1.54, 1.807) is 14.0 Å². The number of amides is 1. The van der Waals surface area contributed by atoms with Crippen LogP contribution in [0, 0.1) is 5.41 Å². The van der Waals surface area contributed by atoms with Crippen LogP contribution >= 0.6 is 23.2 Å². The second-order valence-electron chi connectivity index (χ2n) is 4.04. The van der Waals surface area contributed by atoms with Gasteiger partial charge in [0.2, 0.25) is 5.91 Å². The highest BCUT2D eigenvalue weighted by atomic mass is 35.5. The molecule has 1 amide bonds. The molecular weight excluding hydrogens is 225 g/mol. The first-order chi connectivity index (χ1) is 6.33.